The van der Waals surface area contributed by atoms with Gasteiger partial charge in [0.05, 0.1) is 11.4 Å². The number of thiophene rings is 1. The minimum absolute atomic E-state index is 0. The topological polar surface area (TPSA) is 68.2 Å². The fourth-order valence-electron chi connectivity index (χ4n) is 2.75. The van der Waals surface area contributed by atoms with Gasteiger partial charge in [-0.15, -0.1) is 23.7 Å². The highest BCUT2D eigenvalue weighted by Gasteiger charge is 2.26. The van der Waals surface area contributed by atoms with E-state index in [1.807, 2.05) is 17.5 Å². The second kappa shape index (κ2) is 7.35. The van der Waals surface area contributed by atoms with Crippen molar-refractivity contribution < 1.29 is 4.52 Å². The maximum absolute atomic E-state index is 5.89. The van der Waals surface area contributed by atoms with Crippen molar-refractivity contribution in [1.82, 2.24) is 15.0 Å². The fourth-order valence-corrected chi connectivity index (χ4v) is 3.40. The van der Waals surface area contributed by atoms with Crippen LogP contribution in [0.5, 0.6) is 0 Å². The zero-order chi connectivity index (χ0) is 13.9. The molecule has 2 atom stereocenters. The molecule has 3 heterocycles. The lowest BCUT2D eigenvalue weighted by atomic mass is 9.92. The maximum Gasteiger partial charge on any atom is 0.241 e. The molecule has 2 N–H and O–H groups in total. The average molecular weight is 329 g/mol. The summed E-state index contributed by atoms with van der Waals surface area (Å²) in [6.07, 6.45) is 2.37. The van der Waals surface area contributed by atoms with E-state index in [9.17, 15) is 0 Å². The molecular weight excluding hydrogens is 308 g/mol. The van der Waals surface area contributed by atoms with Crippen molar-refractivity contribution >= 4 is 23.7 Å². The summed E-state index contributed by atoms with van der Waals surface area (Å²) >= 11 is 1.62. The molecule has 2 aromatic rings. The number of aromatic nitrogens is 2. The summed E-state index contributed by atoms with van der Waals surface area (Å²) in [7, 11) is 0. The van der Waals surface area contributed by atoms with Gasteiger partial charge in [0.1, 0.15) is 0 Å². The Hall–Kier alpha value is -0.950. The van der Waals surface area contributed by atoms with E-state index >= 15 is 0 Å². The van der Waals surface area contributed by atoms with Crippen LogP contribution in [-0.4, -0.2) is 34.2 Å². The molecule has 2 aromatic heterocycles. The van der Waals surface area contributed by atoms with Gasteiger partial charge in [0.25, 0.3) is 0 Å². The Morgan fingerprint density at radius 2 is 2.38 bits per heavy atom. The van der Waals surface area contributed by atoms with Crippen LogP contribution >= 0.6 is 23.7 Å². The van der Waals surface area contributed by atoms with Crippen molar-refractivity contribution in [3.63, 3.8) is 0 Å². The lowest BCUT2D eigenvalue weighted by Crippen LogP contribution is -2.45. The van der Waals surface area contributed by atoms with Gasteiger partial charge >= 0.3 is 0 Å². The van der Waals surface area contributed by atoms with Gasteiger partial charge in [0.15, 0.2) is 0 Å². The zero-order valence-corrected chi connectivity index (χ0v) is 13.7. The monoisotopic (exact) mass is 328 g/mol. The van der Waals surface area contributed by atoms with Crippen molar-refractivity contribution in [3.05, 3.63) is 23.4 Å². The molecule has 0 aliphatic carbocycles. The summed E-state index contributed by atoms with van der Waals surface area (Å²) in [6, 6.07) is 4.42. The van der Waals surface area contributed by atoms with Crippen LogP contribution in [0.3, 0.4) is 0 Å². The number of likely N-dealkylation sites (tertiary alicyclic amines) is 1. The first-order valence-corrected chi connectivity index (χ1v) is 7.95. The quantitative estimate of drug-likeness (QED) is 0.934. The predicted molar refractivity (Wildman–Crippen MR) is 86.5 cm³/mol. The average Bonchev–Trinajstić information content (AvgIpc) is 3.11. The van der Waals surface area contributed by atoms with Crippen LogP contribution in [0.2, 0.25) is 0 Å². The van der Waals surface area contributed by atoms with E-state index in [-0.39, 0.29) is 12.4 Å². The van der Waals surface area contributed by atoms with E-state index in [2.05, 4.69) is 22.0 Å². The standard InChI is InChI=1S/C14H20N4OS.ClH/c1-10-4-5-18(11(7-10)8-15)9-13-16-14(17-19-13)12-3-2-6-20-12;/h2-3,6,10-11H,4-5,7-9,15H2,1H3;1H. The van der Waals surface area contributed by atoms with Crippen molar-refractivity contribution in [2.75, 3.05) is 13.1 Å². The molecular formula is C14H21ClN4OS. The summed E-state index contributed by atoms with van der Waals surface area (Å²) in [6.45, 7) is 4.74. The largest absolute Gasteiger partial charge is 0.338 e. The third-order valence-corrected chi connectivity index (χ3v) is 4.79. The molecule has 0 amide bonds. The van der Waals surface area contributed by atoms with E-state index in [1.165, 1.54) is 6.42 Å². The molecule has 1 saturated heterocycles. The molecule has 21 heavy (non-hydrogen) atoms. The van der Waals surface area contributed by atoms with E-state index in [4.69, 9.17) is 10.3 Å². The van der Waals surface area contributed by atoms with E-state index in [1.54, 1.807) is 11.3 Å². The molecule has 1 fully saturated rings. The van der Waals surface area contributed by atoms with Gasteiger partial charge in [-0.3, -0.25) is 4.90 Å². The number of halogens is 1. The van der Waals surface area contributed by atoms with Crippen molar-refractivity contribution in [2.45, 2.75) is 32.4 Å². The lowest BCUT2D eigenvalue weighted by molar-refractivity contribution is 0.102. The molecule has 1 aliphatic rings. The van der Waals surface area contributed by atoms with Crippen LogP contribution in [0.25, 0.3) is 10.7 Å². The molecule has 2 unspecified atom stereocenters. The SMILES string of the molecule is CC1CCN(Cc2nc(-c3cccs3)no2)C(CN)C1.Cl. The Balaban J connectivity index is 0.00000161. The van der Waals surface area contributed by atoms with Crippen LogP contribution < -0.4 is 5.73 Å². The number of piperidine rings is 1. The Kier molecular flexibility index (Phi) is 5.75. The molecule has 3 rings (SSSR count). The highest BCUT2D eigenvalue weighted by molar-refractivity contribution is 7.13. The third kappa shape index (κ3) is 3.83. The summed E-state index contributed by atoms with van der Waals surface area (Å²) < 4.78 is 5.37. The molecule has 1 aliphatic heterocycles. The van der Waals surface area contributed by atoms with Crippen molar-refractivity contribution in [2.24, 2.45) is 11.7 Å². The normalized spacial score (nSPS) is 23.0. The highest BCUT2D eigenvalue weighted by Crippen LogP contribution is 2.25. The van der Waals surface area contributed by atoms with Crippen molar-refractivity contribution in [1.29, 1.82) is 0 Å². The van der Waals surface area contributed by atoms with Gasteiger partial charge in [0, 0.05) is 12.6 Å². The Bertz CT molecular complexity index is 545. The Morgan fingerprint density at radius 1 is 1.52 bits per heavy atom. The number of hydrogen-bond donors (Lipinski definition) is 1. The van der Waals surface area contributed by atoms with E-state index in [0.717, 1.165) is 23.8 Å². The first-order valence-electron chi connectivity index (χ1n) is 7.07. The Labute approximate surface area is 134 Å². The van der Waals surface area contributed by atoms with Gasteiger partial charge in [0.2, 0.25) is 11.7 Å². The summed E-state index contributed by atoms with van der Waals surface area (Å²) in [5.74, 6) is 2.12. The smallest absolute Gasteiger partial charge is 0.241 e. The third-order valence-electron chi connectivity index (χ3n) is 3.92. The molecule has 0 spiro atoms. The summed E-state index contributed by atoms with van der Waals surface area (Å²) in [5, 5.41) is 6.07. The van der Waals surface area contributed by atoms with E-state index in [0.29, 0.717) is 30.8 Å². The molecule has 0 bridgehead atoms. The number of nitrogens with two attached hydrogens (primary N) is 1. The minimum atomic E-state index is 0. The van der Waals surface area contributed by atoms with Crippen LogP contribution in [0.15, 0.2) is 22.0 Å². The second-order valence-corrected chi connectivity index (χ2v) is 6.43. The predicted octanol–water partition coefficient (Wildman–Crippen LogP) is 2.78. The van der Waals surface area contributed by atoms with Crippen molar-refractivity contribution in [3.8, 4) is 10.7 Å². The van der Waals surface area contributed by atoms with Crippen LogP contribution in [0, 0.1) is 5.92 Å². The Morgan fingerprint density at radius 3 is 3.10 bits per heavy atom. The van der Waals surface area contributed by atoms with Gasteiger partial charge in [-0.25, -0.2) is 0 Å². The molecule has 7 heteroatoms. The van der Waals surface area contributed by atoms with Gasteiger partial charge in [-0.2, -0.15) is 4.98 Å². The molecule has 0 aromatic carbocycles. The van der Waals surface area contributed by atoms with Crippen LogP contribution in [-0.2, 0) is 6.54 Å². The second-order valence-electron chi connectivity index (χ2n) is 5.48. The molecule has 5 nitrogen and oxygen atoms in total. The van der Waals surface area contributed by atoms with Gasteiger partial charge in [-0.05, 0) is 36.8 Å². The number of rotatable bonds is 4. The van der Waals surface area contributed by atoms with E-state index < -0.39 is 0 Å². The first-order chi connectivity index (χ1) is 9.76. The fraction of sp³-hybridized carbons (Fsp3) is 0.571. The number of hydrogen-bond acceptors (Lipinski definition) is 6. The van der Waals surface area contributed by atoms with Crippen LogP contribution in [0.4, 0.5) is 0 Å². The van der Waals surface area contributed by atoms with Crippen LogP contribution in [0.1, 0.15) is 25.7 Å². The first kappa shape index (κ1) is 16.4. The lowest BCUT2D eigenvalue weighted by Gasteiger charge is -2.36. The highest BCUT2D eigenvalue weighted by atomic mass is 35.5. The minimum Gasteiger partial charge on any atom is -0.338 e. The number of nitrogens with zero attached hydrogens (tertiary/aromatic N) is 3. The zero-order valence-electron chi connectivity index (χ0n) is 12.1. The van der Waals surface area contributed by atoms with Gasteiger partial charge in [-0.1, -0.05) is 18.1 Å². The van der Waals surface area contributed by atoms with Gasteiger partial charge < -0.3 is 10.3 Å². The summed E-state index contributed by atoms with van der Waals surface area (Å²) in [5.41, 5.74) is 5.89. The molecule has 0 saturated carbocycles. The molecule has 116 valence electrons. The summed E-state index contributed by atoms with van der Waals surface area (Å²) in [4.78, 5) is 7.90. The maximum atomic E-state index is 5.89. The molecule has 0 radical (unpaired) electrons.